The molecule has 2 N–H and O–H groups in total. The molecule has 2 heterocycles. The molecule has 1 aromatic heterocycles. The van der Waals surface area contributed by atoms with Crippen LogP contribution in [0.25, 0.3) is 0 Å². The Bertz CT molecular complexity index is 601. The van der Waals surface area contributed by atoms with Crippen molar-refractivity contribution in [2.75, 3.05) is 67.3 Å². The van der Waals surface area contributed by atoms with Crippen LogP contribution in [0.15, 0.2) is 6.20 Å². The third kappa shape index (κ3) is 7.98. The Balaban J connectivity index is 0.00000341. The van der Waals surface area contributed by atoms with Crippen LogP contribution in [-0.2, 0) is 20.8 Å². The first-order valence-electron chi connectivity index (χ1n) is 11.7. The Morgan fingerprint density at radius 2 is 1.97 bits per heavy atom. The first-order valence-corrected chi connectivity index (χ1v) is 11.7. The number of H-pyrrole nitrogens is 1. The van der Waals surface area contributed by atoms with Crippen molar-refractivity contribution in [2.45, 2.75) is 51.0 Å². The fourth-order valence-corrected chi connectivity index (χ4v) is 4.97. The number of hydrogen-bond donors (Lipinski definition) is 2. The van der Waals surface area contributed by atoms with Crippen molar-refractivity contribution in [1.29, 1.82) is 0 Å². The van der Waals surface area contributed by atoms with Gasteiger partial charge in [-0.2, -0.15) is 5.10 Å². The molecule has 1 saturated carbocycles. The summed E-state index contributed by atoms with van der Waals surface area (Å²) in [7, 11) is 5.99. The number of nitrogens with one attached hydrogen (secondary N) is 2. The molecule has 1 aliphatic carbocycles. The van der Waals surface area contributed by atoms with Crippen molar-refractivity contribution in [2.24, 2.45) is 11.3 Å². The zero-order chi connectivity index (χ0) is 21.2. The van der Waals surface area contributed by atoms with Crippen molar-refractivity contribution in [3.63, 3.8) is 0 Å². The summed E-state index contributed by atoms with van der Waals surface area (Å²) in [4.78, 5) is 2.35. The molecule has 1 aliphatic heterocycles. The molecule has 3 rings (SSSR count). The van der Waals surface area contributed by atoms with Crippen molar-refractivity contribution < 1.29 is 14.2 Å². The lowest BCUT2D eigenvalue weighted by Crippen LogP contribution is -2.37. The number of methoxy groups -OCH3 is 1. The number of hydrogen-bond acceptors (Lipinski definition) is 6. The molecular formula is C23H43ClN4O3. The molecule has 1 aromatic rings. The minimum absolute atomic E-state index is 0. The second kappa shape index (κ2) is 13.8. The lowest BCUT2D eigenvalue weighted by Gasteiger charge is -2.39. The van der Waals surface area contributed by atoms with Gasteiger partial charge in [-0.05, 0) is 58.5 Å². The SMILES string of the molecule is CNCCN(C)Cc1c[nH]nc1C1CCC(COC)(COCC2CCOCC2)CC1.Cl. The molecule has 180 valence electrons. The first-order chi connectivity index (χ1) is 14.7. The number of nitrogens with zero attached hydrogens (tertiary/aromatic N) is 2. The summed E-state index contributed by atoms with van der Waals surface area (Å²) >= 11 is 0. The van der Waals surface area contributed by atoms with Crippen LogP contribution in [0.2, 0.25) is 0 Å². The lowest BCUT2D eigenvalue weighted by molar-refractivity contribution is -0.0513. The summed E-state index contributed by atoms with van der Waals surface area (Å²) < 4.78 is 17.3. The second-order valence-corrected chi connectivity index (χ2v) is 9.42. The van der Waals surface area contributed by atoms with Crippen LogP contribution in [-0.4, -0.2) is 82.4 Å². The molecule has 0 radical (unpaired) electrons. The van der Waals surface area contributed by atoms with Gasteiger partial charge in [-0.15, -0.1) is 12.4 Å². The van der Waals surface area contributed by atoms with E-state index in [-0.39, 0.29) is 17.8 Å². The van der Waals surface area contributed by atoms with Crippen molar-refractivity contribution in [3.05, 3.63) is 17.5 Å². The van der Waals surface area contributed by atoms with E-state index in [1.807, 2.05) is 14.2 Å². The van der Waals surface area contributed by atoms with E-state index in [9.17, 15) is 0 Å². The summed E-state index contributed by atoms with van der Waals surface area (Å²) in [6.45, 7) is 7.21. The Morgan fingerprint density at radius 3 is 2.65 bits per heavy atom. The standard InChI is InChI=1S/C23H42N4O3.ClH/c1-24-10-11-27(2)15-21-14-25-26-22(21)20-4-8-23(9-5-20,17-28-3)18-30-16-19-6-12-29-13-7-19;/h14,19-20,24H,4-13,15-18H2,1-3H3,(H,25,26);1H. The van der Waals surface area contributed by atoms with Gasteiger partial charge in [-0.3, -0.25) is 5.10 Å². The van der Waals surface area contributed by atoms with Crippen LogP contribution in [0, 0.1) is 11.3 Å². The van der Waals surface area contributed by atoms with E-state index < -0.39 is 0 Å². The molecule has 8 heteroatoms. The van der Waals surface area contributed by atoms with E-state index in [2.05, 4.69) is 33.7 Å². The van der Waals surface area contributed by atoms with E-state index in [1.54, 1.807) is 0 Å². The summed E-state index contributed by atoms with van der Waals surface area (Å²) in [5, 5.41) is 11.0. The summed E-state index contributed by atoms with van der Waals surface area (Å²) in [5.41, 5.74) is 2.75. The fourth-order valence-electron chi connectivity index (χ4n) is 4.97. The molecule has 2 fully saturated rings. The molecule has 0 aromatic carbocycles. The molecule has 0 amide bonds. The van der Waals surface area contributed by atoms with Crippen LogP contribution >= 0.6 is 12.4 Å². The second-order valence-electron chi connectivity index (χ2n) is 9.42. The average molecular weight is 459 g/mol. The van der Waals surface area contributed by atoms with Crippen LogP contribution < -0.4 is 5.32 Å². The first kappa shape index (κ1) is 26.6. The van der Waals surface area contributed by atoms with Gasteiger partial charge < -0.3 is 24.4 Å². The highest BCUT2D eigenvalue weighted by atomic mass is 35.5. The molecule has 1 saturated heterocycles. The highest BCUT2D eigenvalue weighted by Gasteiger charge is 2.37. The summed E-state index contributed by atoms with van der Waals surface area (Å²) in [6, 6.07) is 0. The maximum absolute atomic E-state index is 6.24. The molecule has 2 aliphatic rings. The quantitative estimate of drug-likeness (QED) is 0.501. The van der Waals surface area contributed by atoms with E-state index in [0.717, 1.165) is 91.2 Å². The van der Waals surface area contributed by atoms with E-state index in [0.29, 0.717) is 11.8 Å². The Morgan fingerprint density at radius 1 is 1.23 bits per heavy atom. The van der Waals surface area contributed by atoms with Gasteiger partial charge in [-0.1, -0.05) is 0 Å². The Hall–Kier alpha value is -0.700. The van der Waals surface area contributed by atoms with Gasteiger partial charge in [0.1, 0.15) is 0 Å². The van der Waals surface area contributed by atoms with Crippen molar-refractivity contribution >= 4 is 12.4 Å². The highest BCUT2D eigenvalue weighted by molar-refractivity contribution is 5.85. The maximum Gasteiger partial charge on any atom is 0.0697 e. The van der Waals surface area contributed by atoms with Crippen molar-refractivity contribution in [1.82, 2.24) is 20.4 Å². The van der Waals surface area contributed by atoms with E-state index >= 15 is 0 Å². The van der Waals surface area contributed by atoms with E-state index in [4.69, 9.17) is 14.2 Å². The zero-order valence-electron chi connectivity index (χ0n) is 19.7. The predicted molar refractivity (Wildman–Crippen MR) is 126 cm³/mol. The topological polar surface area (TPSA) is 71.6 Å². The number of ether oxygens (including phenoxy) is 3. The third-order valence-corrected chi connectivity index (χ3v) is 6.92. The number of aromatic amines is 1. The Labute approximate surface area is 194 Å². The largest absolute Gasteiger partial charge is 0.384 e. The minimum atomic E-state index is 0. The molecule has 0 bridgehead atoms. The summed E-state index contributed by atoms with van der Waals surface area (Å²) in [6.07, 6.45) is 8.93. The van der Waals surface area contributed by atoms with Gasteiger partial charge in [0, 0.05) is 69.7 Å². The minimum Gasteiger partial charge on any atom is -0.384 e. The van der Waals surface area contributed by atoms with Crippen LogP contribution in [0.5, 0.6) is 0 Å². The smallest absolute Gasteiger partial charge is 0.0697 e. The number of likely N-dealkylation sites (N-methyl/N-ethyl adjacent to an activating group) is 2. The van der Waals surface area contributed by atoms with Gasteiger partial charge in [0.25, 0.3) is 0 Å². The van der Waals surface area contributed by atoms with Gasteiger partial charge in [0.05, 0.1) is 18.9 Å². The van der Waals surface area contributed by atoms with Crippen LogP contribution in [0.1, 0.15) is 55.7 Å². The average Bonchev–Trinajstić information content (AvgIpc) is 3.22. The van der Waals surface area contributed by atoms with Gasteiger partial charge in [0.2, 0.25) is 0 Å². The number of halogens is 1. The van der Waals surface area contributed by atoms with Gasteiger partial charge in [-0.25, -0.2) is 0 Å². The number of rotatable bonds is 12. The normalized spacial score (nSPS) is 25.0. The van der Waals surface area contributed by atoms with Gasteiger partial charge >= 0.3 is 0 Å². The van der Waals surface area contributed by atoms with Crippen LogP contribution in [0.4, 0.5) is 0 Å². The lowest BCUT2D eigenvalue weighted by atomic mass is 9.70. The predicted octanol–water partition coefficient (Wildman–Crippen LogP) is 3.22. The highest BCUT2D eigenvalue weighted by Crippen LogP contribution is 2.44. The van der Waals surface area contributed by atoms with Gasteiger partial charge in [0.15, 0.2) is 0 Å². The Kier molecular flexibility index (Phi) is 11.8. The summed E-state index contributed by atoms with van der Waals surface area (Å²) in [5.74, 6) is 1.19. The maximum atomic E-state index is 6.24. The van der Waals surface area contributed by atoms with Crippen molar-refractivity contribution in [3.8, 4) is 0 Å². The molecule has 7 nitrogen and oxygen atoms in total. The van der Waals surface area contributed by atoms with Crippen LogP contribution in [0.3, 0.4) is 0 Å². The molecule has 0 atom stereocenters. The zero-order valence-corrected chi connectivity index (χ0v) is 20.5. The molecular weight excluding hydrogens is 416 g/mol. The molecule has 0 unspecified atom stereocenters. The third-order valence-electron chi connectivity index (χ3n) is 6.92. The van der Waals surface area contributed by atoms with E-state index in [1.165, 1.54) is 11.3 Å². The molecule has 31 heavy (non-hydrogen) atoms. The molecule has 0 spiro atoms. The number of aromatic nitrogens is 2. The fraction of sp³-hybridized carbons (Fsp3) is 0.870. The monoisotopic (exact) mass is 458 g/mol.